The molecule has 3 saturated heterocycles. The Bertz CT molecular complexity index is 968. The van der Waals surface area contributed by atoms with Crippen LogP contribution in [0.15, 0.2) is 36.4 Å². The number of allylic oxidation sites excluding steroid dienone is 1. The number of halogens is 3. The normalized spacial score (nSPS) is 23.6. The van der Waals surface area contributed by atoms with E-state index in [-0.39, 0.29) is 6.10 Å². The van der Waals surface area contributed by atoms with E-state index in [1.165, 1.54) is 37.1 Å². The highest BCUT2D eigenvalue weighted by molar-refractivity contribution is 5.73. The van der Waals surface area contributed by atoms with Crippen molar-refractivity contribution in [1.29, 1.82) is 0 Å². The van der Waals surface area contributed by atoms with Crippen LogP contribution in [0.5, 0.6) is 5.88 Å². The lowest BCUT2D eigenvalue weighted by Crippen LogP contribution is -2.52. The third kappa shape index (κ3) is 5.04. The van der Waals surface area contributed by atoms with Gasteiger partial charge < -0.3 is 9.84 Å². The lowest BCUT2D eigenvalue weighted by Gasteiger charge is -2.44. The van der Waals surface area contributed by atoms with Crippen LogP contribution in [0.2, 0.25) is 0 Å². The molecule has 31 heavy (non-hydrogen) atoms. The molecule has 1 aromatic carbocycles. The van der Waals surface area contributed by atoms with Gasteiger partial charge in [0.25, 0.3) is 0 Å². The first-order chi connectivity index (χ1) is 14.8. The van der Waals surface area contributed by atoms with Crippen molar-refractivity contribution in [3.05, 3.63) is 47.5 Å². The van der Waals surface area contributed by atoms with Crippen molar-refractivity contribution in [2.45, 2.75) is 31.5 Å². The molecule has 3 aliphatic heterocycles. The minimum Gasteiger partial charge on any atom is -0.475 e. The van der Waals surface area contributed by atoms with E-state index >= 15 is 0 Å². The van der Waals surface area contributed by atoms with Gasteiger partial charge in [-0.1, -0.05) is 24.3 Å². The Morgan fingerprint density at radius 3 is 2.45 bits per heavy atom. The smallest absolute Gasteiger partial charge is 0.475 e. The fraction of sp³-hybridized carbons (Fsp3) is 0.409. The molecule has 1 atom stereocenters. The summed E-state index contributed by atoms with van der Waals surface area (Å²) in [6.07, 6.45) is 3.10. The SMILES string of the molecule is C1=Cc2cc(-c3ccc(O[C@H]4CN5CCC4CC5)nn3)ccc2C1.O=C(O)C(F)(F)F. The second kappa shape index (κ2) is 8.66. The highest BCUT2D eigenvalue weighted by atomic mass is 19.4. The lowest BCUT2D eigenvalue weighted by molar-refractivity contribution is -0.192. The number of aliphatic carboxylic acids is 1. The predicted molar refractivity (Wildman–Crippen MR) is 107 cm³/mol. The van der Waals surface area contributed by atoms with E-state index in [4.69, 9.17) is 14.6 Å². The molecular weight excluding hydrogens is 411 g/mol. The molecule has 6 rings (SSSR count). The van der Waals surface area contributed by atoms with Crippen molar-refractivity contribution >= 4 is 12.0 Å². The molecule has 0 spiro atoms. The number of alkyl halides is 3. The van der Waals surface area contributed by atoms with Gasteiger partial charge in [-0.3, -0.25) is 4.90 Å². The zero-order valence-electron chi connectivity index (χ0n) is 16.7. The van der Waals surface area contributed by atoms with Crippen LogP contribution in [0.25, 0.3) is 17.3 Å². The number of carboxylic acids is 1. The van der Waals surface area contributed by atoms with E-state index in [0.29, 0.717) is 11.8 Å². The Morgan fingerprint density at radius 1 is 1.13 bits per heavy atom. The monoisotopic (exact) mass is 433 g/mol. The molecule has 9 heteroatoms. The number of aromatic nitrogens is 2. The van der Waals surface area contributed by atoms with Gasteiger partial charge in [-0.05, 0) is 61.5 Å². The molecule has 4 heterocycles. The Morgan fingerprint density at radius 2 is 1.87 bits per heavy atom. The van der Waals surface area contributed by atoms with Crippen molar-refractivity contribution < 1.29 is 27.8 Å². The predicted octanol–water partition coefficient (Wildman–Crippen LogP) is 3.82. The minimum absolute atomic E-state index is 0.276. The quantitative estimate of drug-likeness (QED) is 0.793. The van der Waals surface area contributed by atoms with Crippen LogP contribution in [0.4, 0.5) is 13.2 Å². The molecule has 2 bridgehead atoms. The second-order valence-electron chi connectivity index (χ2n) is 7.87. The summed E-state index contributed by atoms with van der Waals surface area (Å²) in [4.78, 5) is 11.4. The fourth-order valence-corrected chi connectivity index (χ4v) is 4.14. The van der Waals surface area contributed by atoms with Crippen LogP contribution in [0.3, 0.4) is 0 Å². The Kier molecular flexibility index (Phi) is 5.95. The third-order valence-corrected chi connectivity index (χ3v) is 5.83. The zero-order chi connectivity index (χ0) is 22.0. The standard InChI is InChI=1S/C20H21N3O.C2HF3O2/c1-2-14-4-5-17(12-16(14)3-1)18-6-7-20(22-21-18)24-19-13-23-10-8-15(19)9-11-23;3-2(4,5)1(6)7/h1,3-7,12,15,19H,2,8-11,13H2;(H,6,7)/t19-;/m0./s1. The van der Waals surface area contributed by atoms with Crippen molar-refractivity contribution in [3.63, 3.8) is 0 Å². The van der Waals surface area contributed by atoms with Gasteiger partial charge in [-0.25, -0.2) is 4.79 Å². The number of ether oxygens (including phenoxy) is 1. The van der Waals surface area contributed by atoms with Crippen LogP contribution in [0, 0.1) is 5.92 Å². The largest absolute Gasteiger partial charge is 0.490 e. The summed E-state index contributed by atoms with van der Waals surface area (Å²) in [5.41, 5.74) is 4.69. The van der Waals surface area contributed by atoms with E-state index < -0.39 is 12.1 Å². The number of piperidine rings is 3. The van der Waals surface area contributed by atoms with E-state index in [9.17, 15) is 13.2 Å². The van der Waals surface area contributed by atoms with Gasteiger partial charge in [-0.15, -0.1) is 10.2 Å². The van der Waals surface area contributed by atoms with Gasteiger partial charge in [-0.2, -0.15) is 13.2 Å². The molecular formula is C22H22F3N3O3. The summed E-state index contributed by atoms with van der Waals surface area (Å²) < 4.78 is 37.9. The second-order valence-corrected chi connectivity index (χ2v) is 7.87. The van der Waals surface area contributed by atoms with Crippen LogP contribution in [-0.4, -0.2) is 58.1 Å². The molecule has 0 unspecified atom stereocenters. The van der Waals surface area contributed by atoms with Gasteiger partial charge in [0.05, 0.1) is 5.69 Å². The van der Waals surface area contributed by atoms with E-state index in [1.807, 2.05) is 12.1 Å². The molecule has 1 aliphatic carbocycles. The minimum atomic E-state index is -5.08. The van der Waals surface area contributed by atoms with E-state index in [0.717, 1.165) is 24.2 Å². The number of carboxylic acid groups (broad SMARTS) is 1. The highest BCUT2D eigenvalue weighted by Crippen LogP contribution is 2.31. The highest BCUT2D eigenvalue weighted by Gasteiger charge is 2.38. The molecule has 0 saturated carbocycles. The number of fused-ring (bicyclic) bond motifs is 4. The average molecular weight is 433 g/mol. The van der Waals surface area contributed by atoms with Gasteiger partial charge in [0.1, 0.15) is 6.10 Å². The summed E-state index contributed by atoms with van der Waals surface area (Å²) in [6, 6.07) is 10.5. The maximum atomic E-state index is 10.6. The summed E-state index contributed by atoms with van der Waals surface area (Å²) in [5.74, 6) is -1.42. The molecule has 164 valence electrons. The Labute approximate surface area is 177 Å². The number of hydrogen-bond donors (Lipinski definition) is 1. The molecule has 6 nitrogen and oxygen atoms in total. The van der Waals surface area contributed by atoms with Crippen LogP contribution in [-0.2, 0) is 11.2 Å². The number of carbonyl (C=O) groups is 1. The zero-order valence-corrected chi connectivity index (χ0v) is 16.7. The van der Waals surface area contributed by atoms with Crippen molar-refractivity contribution in [2.75, 3.05) is 19.6 Å². The maximum Gasteiger partial charge on any atom is 0.490 e. The topological polar surface area (TPSA) is 75.5 Å². The third-order valence-electron chi connectivity index (χ3n) is 5.83. The summed E-state index contributed by atoms with van der Waals surface area (Å²) in [5, 5.41) is 15.8. The fourth-order valence-electron chi connectivity index (χ4n) is 4.14. The summed E-state index contributed by atoms with van der Waals surface area (Å²) >= 11 is 0. The van der Waals surface area contributed by atoms with E-state index in [2.05, 4.69) is 45.4 Å². The molecule has 1 N–H and O–H groups in total. The number of benzene rings is 1. The van der Waals surface area contributed by atoms with Crippen LogP contribution >= 0.6 is 0 Å². The van der Waals surface area contributed by atoms with Crippen LogP contribution < -0.4 is 4.74 Å². The summed E-state index contributed by atoms with van der Waals surface area (Å²) in [6.45, 7) is 3.48. The molecule has 0 radical (unpaired) electrons. The average Bonchev–Trinajstić information content (AvgIpc) is 3.23. The van der Waals surface area contributed by atoms with Crippen molar-refractivity contribution in [3.8, 4) is 17.1 Å². The van der Waals surface area contributed by atoms with Gasteiger partial charge >= 0.3 is 12.1 Å². The Balaban J connectivity index is 0.000000289. The molecule has 3 fully saturated rings. The van der Waals surface area contributed by atoms with Crippen molar-refractivity contribution in [2.24, 2.45) is 5.92 Å². The first-order valence-corrected chi connectivity index (χ1v) is 10.1. The first kappa shape index (κ1) is 21.3. The van der Waals surface area contributed by atoms with Gasteiger partial charge in [0, 0.05) is 18.2 Å². The van der Waals surface area contributed by atoms with Gasteiger partial charge in [0.15, 0.2) is 0 Å². The molecule has 0 amide bonds. The number of rotatable bonds is 3. The lowest BCUT2D eigenvalue weighted by atomic mass is 9.86. The number of hydrogen-bond acceptors (Lipinski definition) is 5. The van der Waals surface area contributed by atoms with Crippen molar-refractivity contribution in [1.82, 2.24) is 15.1 Å². The Hall–Kier alpha value is -2.94. The number of nitrogens with zero attached hydrogens (tertiary/aromatic N) is 3. The van der Waals surface area contributed by atoms with Crippen LogP contribution in [0.1, 0.15) is 24.0 Å². The molecule has 4 aliphatic rings. The molecule has 1 aromatic heterocycles. The van der Waals surface area contributed by atoms with E-state index in [1.54, 1.807) is 0 Å². The van der Waals surface area contributed by atoms with Gasteiger partial charge in [0.2, 0.25) is 5.88 Å². The molecule has 2 aromatic rings. The summed E-state index contributed by atoms with van der Waals surface area (Å²) in [7, 11) is 0. The maximum absolute atomic E-state index is 10.6. The first-order valence-electron chi connectivity index (χ1n) is 10.1.